The SMILES string of the molecule is CCS(=O)(=O)ON1CCOCC1.O.[H-].[Na+]. The van der Waals surface area contributed by atoms with Crippen LogP contribution in [0.2, 0.25) is 0 Å². The summed E-state index contributed by atoms with van der Waals surface area (Å²) in [5.74, 6) is 0.00432. The van der Waals surface area contributed by atoms with E-state index in [4.69, 9.17) is 9.02 Å². The van der Waals surface area contributed by atoms with Gasteiger partial charge < -0.3 is 11.6 Å². The predicted molar refractivity (Wildman–Crippen MR) is 47.7 cm³/mol. The molecule has 0 radical (unpaired) electrons. The van der Waals surface area contributed by atoms with Crippen molar-refractivity contribution in [1.29, 1.82) is 0 Å². The third kappa shape index (κ3) is 6.31. The first-order valence-corrected chi connectivity index (χ1v) is 5.47. The summed E-state index contributed by atoms with van der Waals surface area (Å²) in [4.78, 5) is 0. The molecule has 0 aromatic heterocycles. The number of ether oxygens (including phenoxy) is 1. The van der Waals surface area contributed by atoms with E-state index in [1.165, 1.54) is 5.06 Å². The van der Waals surface area contributed by atoms with E-state index in [0.717, 1.165) is 0 Å². The van der Waals surface area contributed by atoms with E-state index in [2.05, 4.69) is 0 Å². The molecule has 0 saturated carbocycles. The maximum absolute atomic E-state index is 11.0. The largest absolute Gasteiger partial charge is 1.00 e. The summed E-state index contributed by atoms with van der Waals surface area (Å²) in [5, 5.41) is 1.42. The third-order valence-electron chi connectivity index (χ3n) is 1.54. The molecule has 0 aromatic rings. The molecular formula is C6H16NNaO5S. The van der Waals surface area contributed by atoms with Crippen molar-refractivity contribution in [2.45, 2.75) is 6.92 Å². The zero-order valence-electron chi connectivity index (χ0n) is 9.52. The minimum absolute atomic E-state index is 0. The number of nitrogens with zero attached hydrogens (tertiary/aromatic N) is 1. The molecule has 2 N–H and O–H groups in total. The molecule has 0 amide bonds. The van der Waals surface area contributed by atoms with Crippen LogP contribution in [0.25, 0.3) is 0 Å². The van der Waals surface area contributed by atoms with Crippen molar-refractivity contribution in [3.8, 4) is 0 Å². The number of hydrogen-bond acceptors (Lipinski definition) is 5. The van der Waals surface area contributed by atoms with Crippen LogP contribution in [0.5, 0.6) is 0 Å². The van der Waals surface area contributed by atoms with Crippen LogP contribution in [0.4, 0.5) is 0 Å². The smallest absolute Gasteiger partial charge is 1.00 e. The van der Waals surface area contributed by atoms with Gasteiger partial charge in [0.2, 0.25) is 0 Å². The van der Waals surface area contributed by atoms with Crippen LogP contribution >= 0.6 is 0 Å². The summed E-state index contributed by atoms with van der Waals surface area (Å²) in [5.41, 5.74) is 0. The first-order valence-electron chi connectivity index (χ1n) is 3.89. The molecule has 8 heteroatoms. The molecule has 82 valence electrons. The fourth-order valence-corrected chi connectivity index (χ4v) is 1.41. The standard InChI is InChI=1S/C6H13NO4S.Na.H2O.H/c1-2-12(8,9)11-7-3-5-10-6-4-7;;;/h2-6H2,1H3;;1H2;/q;+1;;-1. The molecule has 0 unspecified atom stereocenters. The summed E-state index contributed by atoms with van der Waals surface area (Å²) in [6, 6.07) is 0. The van der Waals surface area contributed by atoms with Crippen LogP contribution in [-0.4, -0.2) is 51.0 Å². The van der Waals surface area contributed by atoms with Crippen LogP contribution < -0.4 is 29.6 Å². The van der Waals surface area contributed by atoms with Gasteiger partial charge in [-0.1, -0.05) is 0 Å². The second-order valence-electron chi connectivity index (χ2n) is 2.46. The molecule has 1 rings (SSSR count). The first-order chi connectivity index (χ1) is 5.64. The van der Waals surface area contributed by atoms with Gasteiger partial charge in [-0.05, 0) is 6.92 Å². The van der Waals surface area contributed by atoms with Crippen molar-refractivity contribution >= 4 is 10.1 Å². The Kier molecular flexibility index (Phi) is 9.83. The van der Waals surface area contributed by atoms with Crippen LogP contribution in [0.15, 0.2) is 0 Å². The van der Waals surface area contributed by atoms with Crippen LogP contribution in [-0.2, 0) is 19.1 Å². The van der Waals surface area contributed by atoms with E-state index in [1.807, 2.05) is 0 Å². The molecule has 14 heavy (non-hydrogen) atoms. The quantitative estimate of drug-likeness (QED) is 0.465. The zero-order chi connectivity index (χ0) is 9.03. The Morgan fingerprint density at radius 1 is 1.43 bits per heavy atom. The first kappa shape index (κ1) is 17.2. The normalized spacial score (nSPS) is 18.1. The molecule has 1 aliphatic heterocycles. The van der Waals surface area contributed by atoms with E-state index in [-0.39, 0.29) is 42.2 Å². The predicted octanol–water partition coefficient (Wildman–Crippen LogP) is -4.11. The maximum Gasteiger partial charge on any atom is 1.00 e. The number of hydroxylamine groups is 2. The maximum atomic E-state index is 11.0. The Morgan fingerprint density at radius 2 is 1.93 bits per heavy atom. The van der Waals surface area contributed by atoms with Gasteiger partial charge in [-0.2, -0.15) is 17.8 Å². The van der Waals surface area contributed by atoms with Gasteiger partial charge in [-0.15, -0.1) is 0 Å². The molecule has 6 nitrogen and oxygen atoms in total. The van der Waals surface area contributed by atoms with Gasteiger partial charge in [0, 0.05) is 13.1 Å². The molecule has 1 heterocycles. The Labute approximate surface area is 108 Å². The Bertz CT molecular complexity index is 232. The number of hydrogen-bond donors (Lipinski definition) is 0. The van der Waals surface area contributed by atoms with Gasteiger partial charge in [0.05, 0.1) is 19.0 Å². The molecule has 1 aliphatic rings. The average Bonchev–Trinajstić information content (AvgIpc) is 2.06. The number of rotatable bonds is 3. The van der Waals surface area contributed by atoms with Crippen molar-refractivity contribution in [2.24, 2.45) is 0 Å². The van der Waals surface area contributed by atoms with Gasteiger partial charge in [0.15, 0.2) is 0 Å². The Morgan fingerprint density at radius 3 is 2.36 bits per heavy atom. The summed E-state index contributed by atoms with van der Waals surface area (Å²) < 4.78 is 31.7. The monoisotopic (exact) mass is 237 g/mol. The summed E-state index contributed by atoms with van der Waals surface area (Å²) >= 11 is 0. The molecule has 0 aliphatic carbocycles. The van der Waals surface area contributed by atoms with Crippen molar-refractivity contribution in [1.82, 2.24) is 5.06 Å². The fourth-order valence-electron chi connectivity index (χ4n) is 0.834. The van der Waals surface area contributed by atoms with E-state index >= 15 is 0 Å². The Balaban J connectivity index is -0.000000480. The molecule has 0 atom stereocenters. The number of morpholine rings is 1. The van der Waals surface area contributed by atoms with Crippen molar-refractivity contribution in [2.75, 3.05) is 32.1 Å². The van der Waals surface area contributed by atoms with Crippen LogP contribution in [0.3, 0.4) is 0 Å². The summed E-state index contributed by atoms with van der Waals surface area (Å²) in [7, 11) is -3.35. The summed E-state index contributed by atoms with van der Waals surface area (Å²) in [6.45, 7) is 3.63. The molecule has 0 bridgehead atoms. The topological polar surface area (TPSA) is 87.3 Å². The molecule has 1 fully saturated rings. The van der Waals surface area contributed by atoms with Crippen molar-refractivity contribution in [3.05, 3.63) is 0 Å². The van der Waals surface area contributed by atoms with Crippen LogP contribution in [0.1, 0.15) is 8.35 Å². The fraction of sp³-hybridized carbons (Fsp3) is 1.00. The second kappa shape index (κ2) is 8.00. The van der Waals surface area contributed by atoms with Crippen molar-refractivity contribution < 1.29 is 53.9 Å². The van der Waals surface area contributed by atoms with E-state index in [0.29, 0.717) is 26.3 Å². The third-order valence-corrected chi connectivity index (χ3v) is 2.69. The molecule has 0 spiro atoms. The van der Waals surface area contributed by atoms with E-state index in [1.54, 1.807) is 6.92 Å². The average molecular weight is 237 g/mol. The second-order valence-corrected chi connectivity index (χ2v) is 4.30. The molecule has 0 aromatic carbocycles. The zero-order valence-corrected chi connectivity index (χ0v) is 11.3. The van der Waals surface area contributed by atoms with Gasteiger partial charge in [-0.3, -0.25) is 0 Å². The minimum Gasteiger partial charge on any atom is -1.00 e. The van der Waals surface area contributed by atoms with Crippen molar-refractivity contribution in [3.63, 3.8) is 0 Å². The van der Waals surface area contributed by atoms with Gasteiger partial charge in [0.1, 0.15) is 0 Å². The van der Waals surface area contributed by atoms with Gasteiger partial charge >= 0.3 is 29.6 Å². The van der Waals surface area contributed by atoms with Crippen LogP contribution in [0, 0.1) is 0 Å². The van der Waals surface area contributed by atoms with E-state index in [9.17, 15) is 8.42 Å². The minimum atomic E-state index is -3.35. The summed E-state index contributed by atoms with van der Waals surface area (Å²) in [6.07, 6.45) is 0. The van der Waals surface area contributed by atoms with E-state index < -0.39 is 10.1 Å². The van der Waals surface area contributed by atoms with Gasteiger partial charge in [0.25, 0.3) is 10.1 Å². The Hall–Kier alpha value is 0.790. The molecule has 1 saturated heterocycles. The van der Waals surface area contributed by atoms with Gasteiger partial charge in [-0.25, -0.2) is 0 Å². The molecular weight excluding hydrogens is 221 g/mol.